The minimum atomic E-state index is -0.637. The number of thioether (sulfide) groups is 1. The molecule has 1 aliphatic rings. The Hall–Kier alpha value is -3.50. The molecule has 3 aromatic rings. The number of benzene rings is 2. The van der Waals surface area contributed by atoms with Gasteiger partial charge in [0.15, 0.2) is 11.5 Å². The van der Waals surface area contributed by atoms with E-state index in [1.165, 1.54) is 19.2 Å². The van der Waals surface area contributed by atoms with Crippen LogP contribution >= 0.6 is 27.7 Å². The molecular weight excluding hydrogens is 550 g/mol. The summed E-state index contributed by atoms with van der Waals surface area (Å²) in [5, 5.41) is -0.436. The van der Waals surface area contributed by atoms with E-state index < -0.39 is 17.1 Å². The van der Waals surface area contributed by atoms with Crippen LogP contribution in [-0.2, 0) is 22.7 Å². The highest BCUT2D eigenvalue weighted by Crippen LogP contribution is 2.40. The number of hydrogen-bond donors (Lipinski definition) is 0. The van der Waals surface area contributed by atoms with Crippen molar-refractivity contribution >= 4 is 50.9 Å². The second-order valence-corrected chi connectivity index (χ2v) is 9.41. The number of esters is 1. The van der Waals surface area contributed by atoms with Crippen LogP contribution in [0.15, 0.2) is 68.4 Å². The molecule has 10 heteroatoms. The lowest BCUT2D eigenvalue weighted by Crippen LogP contribution is -2.27. The van der Waals surface area contributed by atoms with Gasteiger partial charge in [0.1, 0.15) is 12.4 Å². The molecule has 1 aromatic heterocycles. The minimum absolute atomic E-state index is 0.00195. The van der Waals surface area contributed by atoms with Crippen molar-refractivity contribution in [3.8, 4) is 11.5 Å². The normalized spacial score (nSPS) is 14.4. The lowest BCUT2D eigenvalue weighted by atomic mass is 10.1. The van der Waals surface area contributed by atoms with E-state index in [0.29, 0.717) is 40.5 Å². The molecule has 0 saturated carbocycles. The third-order valence-electron chi connectivity index (χ3n) is 5.09. The van der Waals surface area contributed by atoms with Gasteiger partial charge in [0, 0.05) is 0 Å². The van der Waals surface area contributed by atoms with Gasteiger partial charge in [-0.15, -0.1) is 0 Å². The molecule has 2 heterocycles. The zero-order valence-corrected chi connectivity index (χ0v) is 21.9. The highest BCUT2D eigenvalue weighted by Gasteiger charge is 2.36. The SMILES string of the molecule is CCOc1cc(/C=C2/SC(=O)N(Cc3ccc(C(=O)OC)o3)C2=O)cc(Br)c1OCc1ccccc1. The summed E-state index contributed by atoms with van der Waals surface area (Å²) in [5.41, 5.74) is 1.67. The molecule has 4 rings (SSSR count). The zero-order chi connectivity index (χ0) is 25.7. The standard InChI is InChI=1S/C26H22BrNO7S/c1-3-33-21-12-17(11-19(27)23(21)34-15-16-7-5-4-6-8-16)13-22-24(29)28(26(31)36-22)14-18-9-10-20(35-18)25(30)32-2/h4-13H,3,14-15H2,1-2H3/b22-13+. The van der Waals surface area contributed by atoms with Crippen molar-refractivity contribution in [1.29, 1.82) is 0 Å². The molecule has 1 aliphatic heterocycles. The van der Waals surface area contributed by atoms with E-state index in [4.69, 9.17) is 13.9 Å². The first kappa shape index (κ1) is 25.6. The Morgan fingerprint density at radius 1 is 1.11 bits per heavy atom. The number of furan rings is 1. The van der Waals surface area contributed by atoms with E-state index in [1.807, 2.05) is 37.3 Å². The van der Waals surface area contributed by atoms with Crippen molar-refractivity contribution in [2.45, 2.75) is 20.1 Å². The van der Waals surface area contributed by atoms with Crippen LogP contribution in [0, 0.1) is 0 Å². The van der Waals surface area contributed by atoms with E-state index in [2.05, 4.69) is 20.7 Å². The van der Waals surface area contributed by atoms with Gasteiger partial charge in [-0.05, 0) is 76.1 Å². The van der Waals surface area contributed by atoms with Crippen molar-refractivity contribution < 1.29 is 33.0 Å². The molecule has 0 bridgehead atoms. The maximum atomic E-state index is 13.0. The van der Waals surface area contributed by atoms with Gasteiger partial charge in [-0.25, -0.2) is 4.79 Å². The van der Waals surface area contributed by atoms with Gasteiger partial charge in [-0.3, -0.25) is 14.5 Å². The highest BCUT2D eigenvalue weighted by atomic mass is 79.9. The first-order chi connectivity index (χ1) is 17.4. The summed E-state index contributed by atoms with van der Waals surface area (Å²) in [6, 6.07) is 16.3. The maximum absolute atomic E-state index is 13.0. The van der Waals surface area contributed by atoms with Gasteiger partial charge >= 0.3 is 5.97 Å². The Kier molecular flexibility index (Phi) is 8.17. The van der Waals surface area contributed by atoms with E-state index >= 15 is 0 Å². The Morgan fingerprint density at radius 3 is 2.61 bits per heavy atom. The van der Waals surface area contributed by atoms with Crippen LogP contribution in [0.25, 0.3) is 6.08 Å². The van der Waals surface area contributed by atoms with E-state index in [-0.39, 0.29) is 17.2 Å². The summed E-state index contributed by atoms with van der Waals surface area (Å²) in [5.74, 6) is 0.254. The summed E-state index contributed by atoms with van der Waals surface area (Å²) >= 11 is 4.37. The molecular formula is C26H22BrNO7S. The molecule has 0 atom stereocenters. The molecule has 1 saturated heterocycles. The quantitative estimate of drug-likeness (QED) is 0.226. The number of rotatable bonds is 9. The minimum Gasteiger partial charge on any atom is -0.490 e. The van der Waals surface area contributed by atoms with Crippen LogP contribution in [-0.4, -0.2) is 35.7 Å². The average molecular weight is 572 g/mol. The van der Waals surface area contributed by atoms with Crippen LogP contribution < -0.4 is 9.47 Å². The summed E-state index contributed by atoms with van der Waals surface area (Å²) < 4.78 is 22.5. The Morgan fingerprint density at radius 2 is 1.89 bits per heavy atom. The summed E-state index contributed by atoms with van der Waals surface area (Å²) in [7, 11) is 1.24. The van der Waals surface area contributed by atoms with Crippen molar-refractivity contribution in [3.63, 3.8) is 0 Å². The first-order valence-electron chi connectivity index (χ1n) is 10.9. The maximum Gasteiger partial charge on any atom is 0.373 e. The van der Waals surface area contributed by atoms with E-state index in [9.17, 15) is 14.4 Å². The van der Waals surface area contributed by atoms with Gasteiger partial charge in [-0.1, -0.05) is 30.3 Å². The summed E-state index contributed by atoms with van der Waals surface area (Å²) in [6.45, 7) is 2.55. The molecule has 36 heavy (non-hydrogen) atoms. The molecule has 0 aliphatic carbocycles. The molecule has 0 radical (unpaired) electrons. The average Bonchev–Trinajstić information content (AvgIpc) is 3.44. The second kappa shape index (κ2) is 11.5. The fraction of sp³-hybridized carbons (Fsp3) is 0.192. The molecule has 2 amide bonds. The largest absolute Gasteiger partial charge is 0.490 e. The van der Waals surface area contributed by atoms with E-state index in [0.717, 1.165) is 22.2 Å². The first-order valence-corrected chi connectivity index (χ1v) is 12.6. The fourth-order valence-electron chi connectivity index (χ4n) is 3.42. The van der Waals surface area contributed by atoms with Crippen LogP contribution in [0.2, 0.25) is 0 Å². The van der Waals surface area contributed by atoms with Gasteiger partial charge < -0.3 is 18.6 Å². The van der Waals surface area contributed by atoms with Crippen LogP contribution in [0.5, 0.6) is 11.5 Å². The highest BCUT2D eigenvalue weighted by molar-refractivity contribution is 9.10. The van der Waals surface area contributed by atoms with Crippen molar-refractivity contribution in [1.82, 2.24) is 4.90 Å². The Labute approximate surface area is 220 Å². The molecule has 0 unspecified atom stereocenters. The molecule has 186 valence electrons. The lowest BCUT2D eigenvalue weighted by molar-refractivity contribution is -0.123. The number of imide groups is 1. The monoisotopic (exact) mass is 571 g/mol. The molecule has 0 spiro atoms. The van der Waals surface area contributed by atoms with Crippen LogP contribution in [0.4, 0.5) is 4.79 Å². The molecule has 1 fully saturated rings. The zero-order valence-electron chi connectivity index (χ0n) is 19.5. The van der Waals surface area contributed by atoms with Crippen molar-refractivity contribution in [2.24, 2.45) is 0 Å². The predicted molar refractivity (Wildman–Crippen MR) is 138 cm³/mol. The number of carbonyl (C=O) groups excluding carboxylic acids is 3. The number of nitrogens with zero attached hydrogens (tertiary/aromatic N) is 1. The van der Waals surface area contributed by atoms with Crippen LogP contribution in [0.1, 0.15) is 34.4 Å². The van der Waals surface area contributed by atoms with Gasteiger partial charge in [-0.2, -0.15) is 0 Å². The molecule has 0 N–H and O–H groups in total. The predicted octanol–water partition coefficient (Wildman–Crippen LogP) is 6.04. The number of carbonyl (C=O) groups is 3. The number of hydrogen-bond acceptors (Lipinski definition) is 8. The smallest absolute Gasteiger partial charge is 0.373 e. The summed E-state index contributed by atoms with van der Waals surface area (Å²) in [4.78, 5) is 38.4. The Bertz CT molecular complexity index is 1320. The number of methoxy groups -OCH3 is 1. The second-order valence-electron chi connectivity index (χ2n) is 7.56. The lowest BCUT2D eigenvalue weighted by Gasteiger charge is -2.15. The summed E-state index contributed by atoms with van der Waals surface area (Å²) in [6.07, 6.45) is 1.63. The molecule has 8 nitrogen and oxygen atoms in total. The van der Waals surface area contributed by atoms with Gasteiger partial charge in [0.05, 0.1) is 29.6 Å². The third kappa shape index (κ3) is 5.83. The van der Waals surface area contributed by atoms with Crippen molar-refractivity contribution in [2.75, 3.05) is 13.7 Å². The van der Waals surface area contributed by atoms with Gasteiger partial charge in [0.2, 0.25) is 5.76 Å². The number of ether oxygens (including phenoxy) is 3. The topological polar surface area (TPSA) is 95.3 Å². The Balaban J connectivity index is 1.53. The van der Waals surface area contributed by atoms with Gasteiger partial charge in [0.25, 0.3) is 11.1 Å². The third-order valence-corrected chi connectivity index (χ3v) is 6.59. The number of amides is 2. The fourth-order valence-corrected chi connectivity index (χ4v) is 4.83. The number of halogens is 1. The van der Waals surface area contributed by atoms with E-state index in [1.54, 1.807) is 18.2 Å². The van der Waals surface area contributed by atoms with Crippen LogP contribution in [0.3, 0.4) is 0 Å². The molecule has 2 aromatic carbocycles. The van der Waals surface area contributed by atoms with Crippen molar-refractivity contribution in [3.05, 3.63) is 86.6 Å².